The number of aryl methyl sites for hydroxylation is 1. The minimum Gasteiger partial charge on any atom is -0.308 e. The highest BCUT2D eigenvalue weighted by Crippen LogP contribution is 2.25. The fourth-order valence-corrected chi connectivity index (χ4v) is 3.13. The maximum atomic E-state index is 13.4. The highest BCUT2D eigenvalue weighted by molar-refractivity contribution is 9.10. The van der Waals surface area contributed by atoms with Crippen LogP contribution in [0.1, 0.15) is 35.7 Å². The van der Waals surface area contributed by atoms with Crippen molar-refractivity contribution in [1.82, 2.24) is 10.3 Å². The lowest BCUT2D eigenvalue weighted by molar-refractivity contribution is 0.517. The molecule has 1 heterocycles. The van der Waals surface area contributed by atoms with Gasteiger partial charge in [-0.3, -0.25) is 0 Å². The highest BCUT2D eigenvalue weighted by atomic mass is 79.9. The van der Waals surface area contributed by atoms with Crippen molar-refractivity contribution in [3.05, 3.63) is 50.1 Å². The maximum Gasteiger partial charge on any atom is 0.123 e. The van der Waals surface area contributed by atoms with Gasteiger partial charge < -0.3 is 5.32 Å². The number of hydrogen-bond donors (Lipinski definition) is 1. The van der Waals surface area contributed by atoms with Gasteiger partial charge in [0.05, 0.1) is 16.7 Å². The highest BCUT2D eigenvalue weighted by Gasteiger charge is 2.16. The summed E-state index contributed by atoms with van der Waals surface area (Å²) >= 11 is 5.14. The third kappa shape index (κ3) is 4.11. The molecule has 0 saturated heterocycles. The minimum absolute atomic E-state index is 0.123. The second-order valence-corrected chi connectivity index (χ2v) is 6.65. The van der Waals surface area contributed by atoms with Crippen LogP contribution in [-0.4, -0.2) is 11.5 Å². The molecule has 0 bridgehead atoms. The number of hydrogen-bond acceptors (Lipinski definition) is 3. The third-order valence-corrected chi connectivity index (χ3v) is 4.63. The van der Waals surface area contributed by atoms with Crippen LogP contribution >= 0.6 is 27.3 Å². The molecule has 1 N–H and O–H groups in total. The van der Waals surface area contributed by atoms with Crippen molar-refractivity contribution in [2.45, 2.75) is 32.7 Å². The lowest BCUT2D eigenvalue weighted by Gasteiger charge is -2.17. The fourth-order valence-electron chi connectivity index (χ4n) is 2.06. The Balaban J connectivity index is 2.21. The summed E-state index contributed by atoms with van der Waals surface area (Å²) in [5, 5.41) is 6.63. The van der Waals surface area contributed by atoms with Crippen molar-refractivity contribution in [3.8, 4) is 0 Å². The zero-order chi connectivity index (χ0) is 14.5. The van der Waals surface area contributed by atoms with Crippen molar-refractivity contribution in [1.29, 1.82) is 0 Å². The minimum atomic E-state index is -0.202. The van der Waals surface area contributed by atoms with Crippen LogP contribution in [0.2, 0.25) is 0 Å². The SMILES string of the molecule is CCCNC(Cc1cc(F)ccc1Br)c1csc(C)n1. The van der Waals surface area contributed by atoms with Gasteiger partial charge in [0.1, 0.15) is 5.82 Å². The molecule has 2 nitrogen and oxygen atoms in total. The van der Waals surface area contributed by atoms with Gasteiger partial charge in [-0.1, -0.05) is 22.9 Å². The molecule has 1 aromatic heterocycles. The van der Waals surface area contributed by atoms with Crippen molar-refractivity contribution in [2.24, 2.45) is 0 Å². The third-order valence-electron chi connectivity index (χ3n) is 3.07. The van der Waals surface area contributed by atoms with Crippen molar-refractivity contribution in [2.75, 3.05) is 6.54 Å². The zero-order valence-corrected chi connectivity index (χ0v) is 14.0. The van der Waals surface area contributed by atoms with Gasteiger partial charge in [-0.2, -0.15) is 0 Å². The predicted octanol–water partition coefficient (Wildman–Crippen LogP) is 4.64. The van der Waals surface area contributed by atoms with E-state index in [4.69, 9.17) is 0 Å². The molecular formula is C15H18BrFN2S. The summed E-state index contributed by atoms with van der Waals surface area (Å²) in [6.45, 7) is 5.06. The fraction of sp³-hybridized carbons (Fsp3) is 0.400. The van der Waals surface area contributed by atoms with E-state index in [1.54, 1.807) is 23.5 Å². The van der Waals surface area contributed by atoms with E-state index < -0.39 is 0 Å². The van der Waals surface area contributed by atoms with Gasteiger partial charge in [-0.05, 0) is 50.1 Å². The Morgan fingerprint density at radius 3 is 2.90 bits per heavy atom. The monoisotopic (exact) mass is 356 g/mol. The molecule has 0 aliphatic carbocycles. The number of halogens is 2. The molecule has 1 aromatic carbocycles. The molecule has 2 aromatic rings. The van der Waals surface area contributed by atoms with Crippen LogP contribution in [0.4, 0.5) is 4.39 Å². The molecule has 0 spiro atoms. The van der Waals surface area contributed by atoms with Gasteiger partial charge in [-0.25, -0.2) is 9.37 Å². The van der Waals surface area contributed by atoms with Crippen LogP contribution < -0.4 is 5.32 Å². The van der Waals surface area contributed by atoms with Crippen LogP contribution in [0.25, 0.3) is 0 Å². The van der Waals surface area contributed by atoms with Gasteiger partial charge in [0, 0.05) is 9.85 Å². The summed E-state index contributed by atoms with van der Waals surface area (Å²) in [4.78, 5) is 4.56. The van der Waals surface area contributed by atoms with Crippen LogP contribution in [0, 0.1) is 12.7 Å². The van der Waals surface area contributed by atoms with E-state index in [1.165, 1.54) is 6.07 Å². The van der Waals surface area contributed by atoms with Crippen LogP contribution in [0.15, 0.2) is 28.1 Å². The molecule has 108 valence electrons. The van der Waals surface area contributed by atoms with Gasteiger partial charge in [-0.15, -0.1) is 11.3 Å². The average molecular weight is 357 g/mol. The number of nitrogens with one attached hydrogen (secondary N) is 1. The van der Waals surface area contributed by atoms with Gasteiger partial charge in [0.2, 0.25) is 0 Å². The van der Waals surface area contributed by atoms with E-state index in [2.05, 4.69) is 38.5 Å². The first-order valence-corrected chi connectivity index (χ1v) is 8.36. The summed E-state index contributed by atoms with van der Waals surface area (Å²) in [7, 11) is 0. The summed E-state index contributed by atoms with van der Waals surface area (Å²) in [6.07, 6.45) is 1.78. The first-order valence-electron chi connectivity index (χ1n) is 6.69. The molecule has 0 aliphatic rings. The Hall–Kier alpha value is -0.780. The lowest BCUT2D eigenvalue weighted by atomic mass is 10.0. The molecule has 2 rings (SSSR count). The summed E-state index contributed by atoms with van der Waals surface area (Å²) in [5.41, 5.74) is 2.00. The summed E-state index contributed by atoms with van der Waals surface area (Å²) in [6, 6.07) is 4.94. The molecule has 0 amide bonds. The lowest BCUT2D eigenvalue weighted by Crippen LogP contribution is -2.24. The molecule has 5 heteroatoms. The summed E-state index contributed by atoms with van der Waals surface area (Å²) < 4.78 is 14.3. The first kappa shape index (κ1) is 15.6. The second-order valence-electron chi connectivity index (χ2n) is 4.74. The van der Waals surface area contributed by atoms with Gasteiger partial charge in [0.25, 0.3) is 0 Å². The molecule has 1 unspecified atom stereocenters. The molecule has 1 atom stereocenters. The van der Waals surface area contributed by atoms with Gasteiger partial charge >= 0.3 is 0 Å². The van der Waals surface area contributed by atoms with E-state index >= 15 is 0 Å². The predicted molar refractivity (Wildman–Crippen MR) is 85.7 cm³/mol. The normalized spacial score (nSPS) is 12.6. The number of thiazole rings is 1. The van der Waals surface area contributed by atoms with Crippen molar-refractivity contribution in [3.63, 3.8) is 0 Å². The summed E-state index contributed by atoms with van der Waals surface area (Å²) in [5.74, 6) is -0.202. The molecular weight excluding hydrogens is 339 g/mol. The van der Waals surface area contributed by atoms with Crippen LogP contribution in [0.5, 0.6) is 0 Å². The smallest absolute Gasteiger partial charge is 0.123 e. The van der Waals surface area contributed by atoms with Crippen LogP contribution in [-0.2, 0) is 6.42 Å². The topological polar surface area (TPSA) is 24.9 Å². The van der Waals surface area contributed by atoms with E-state index in [9.17, 15) is 4.39 Å². The van der Waals surface area contributed by atoms with E-state index in [-0.39, 0.29) is 11.9 Å². The zero-order valence-electron chi connectivity index (χ0n) is 11.6. The van der Waals surface area contributed by atoms with Crippen molar-refractivity contribution < 1.29 is 4.39 Å². The Morgan fingerprint density at radius 2 is 2.25 bits per heavy atom. The van der Waals surface area contributed by atoms with Gasteiger partial charge in [0.15, 0.2) is 0 Å². The van der Waals surface area contributed by atoms with Crippen molar-refractivity contribution >= 4 is 27.3 Å². The maximum absolute atomic E-state index is 13.4. The molecule has 0 fully saturated rings. The molecule has 20 heavy (non-hydrogen) atoms. The largest absolute Gasteiger partial charge is 0.308 e. The number of rotatable bonds is 6. The molecule has 0 radical (unpaired) electrons. The van der Waals surface area contributed by atoms with E-state index in [1.807, 2.05) is 6.92 Å². The second kappa shape index (κ2) is 7.29. The first-order chi connectivity index (χ1) is 9.60. The molecule has 0 saturated carbocycles. The van der Waals surface area contributed by atoms with E-state index in [0.29, 0.717) is 0 Å². The average Bonchev–Trinajstić information content (AvgIpc) is 2.85. The quantitative estimate of drug-likeness (QED) is 0.815. The number of aromatic nitrogens is 1. The van der Waals surface area contributed by atoms with E-state index in [0.717, 1.165) is 40.1 Å². The Kier molecular flexibility index (Phi) is 5.69. The Morgan fingerprint density at radius 1 is 1.45 bits per heavy atom. The standard InChI is InChI=1S/C15H18BrFN2S/c1-3-6-18-14(15-9-20-10(2)19-15)8-11-7-12(17)4-5-13(11)16/h4-5,7,9,14,18H,3,6,8H2,1-2H3. The number of benzene rings is 1. The Labute approximate surface area is 131 Å². The molecule has 0 aliphatic heterocycles. The number of nitrogens with zero attached hydrogens (tertiary/aromatic N) is 1. The van der Waals surface area contributed by atoms with Crippen LogP contribution in [0.3, 0.4) is 0 Å². The Bertz CT molecular complexity index is 571.